The van der Waals surface area contributed by atoms with Crippen molar-refractivity contribution in [3.8, 4) is 5.75 Å². The lowest BCUT2D eigenvalue weighted by Gasteiger charge is -2.27. The average Bonchev–Trinajstić information content (AvgIpc) is 2.36. The van der Waals surface area contributed by atoms with E-state index in [2.05, 4.69) is 26.1 Å². The lowest BCUT2D eigenvalue weighted by molar-refractivity contribution is 0.0980. The van der Waals surface area contributed by atoms with Crippen LogP contribution < -0.4 is 10.1 Å². The van der Waals surface area contributed by atoms with Gasteiger partial charge in [0.15, 0.2) is 0 Å². The molecule has 1 atom stereocenters. The van der Waals surface area contributed by atoms with Gasteiger partial charge in [0, 0.05) is 12.1 Å². The molecule has 4 heteroatoms. The summed E-state index contributed by atoms with van der Waals surface area (Å²) < 4.78 is 18.1. The molecule has 0 heterocycles. The molecule has 0 amide bonds. The monoisotopic (exact) mass is 269 g/mol. The number of hydrogen-bond acceptors (Lipinski definition) is 3. The maximum absolute atomic E-state index is 12.7. The van der Waals surface area contributed by atoms with Gasteiger partial charge >= 0.3 is 0 Å². The van der Waals surface area contributed by atoms with Crippen LogP contribution in [0.1, 0.15) is 33.6 Å². The van der Waals surface area contributed by atoms with E-state index in [0.717, 1.165) is 12.8 Å². The maximum Gasteiger partial charge on any atom is 0.123 e. The van der Waals surface area contributed by atoms with Gasteiger partial charge in [-0.25, -0.2) is 4.39 Å². The van der Waals surface area contributed by atoms with E-state index in [9.17, 15) is 9.50 Å². The lowest BCUT2D eigenvalue weighted by Crippen LogP contribution is -2.44. The molecular formula is C15H24FNO2. The zero-order valence-corrected chi connectivity index (χ0v) is 11.9. The second-order valence-electron chi connectivity index (χ2n) is 5.43. The second kappa shape index (κ2) is 7.46. The third kappa shape index (κ3) is 6.55. The predicted octanol–water partition coefficient (Wildman–Crippen LogP) is 2.73. The van der Waals surface area contributed by atoms with Crippen LogP contribution in [-0.4, -0.2) is 29.9 Å². The predicted molar refractivity (Wildman–Crippen MR) is 74.9 cm³/mol. The van der Waals surface area contributed by atoms with Crippen molar-refractivity contribution >= 4 is 0 Å². The van der Waals surface area contributed by atoms with Crippen molar-refractivity contribution < 1.29 is 14.2 Å². The number of ether oxygens (including phenoxy) is 1. The summed E-state index contributed by atoms with van der Waals surface area (Å²) in [7, 11) is 0. The molecule has 0 bridgehead atoms. The summed E-state index contributed by atoms with van der Waals surface area (Å²) in [5.41, 5.74) is 0.0194. The van der Waals surface area contributed by atoms with E-state index in [1.54, 1.807) is 12.1 Å². The third-order valence-corrected chi connectivity index (χ3v) is 2.95. The van der Waals surface area contributed by atoms with Gasteiger partial charge in [-0.1, -0.05) is 13.3 Å². The van der Waals surface area contributed by atoms with E-state index in [-0.39, 0.29) is 18.0 Å². The molecule has 0 fully saturated rings. The fraction of sp³-hybridized carbons (Fsp3) is 0.600. The summed E-state index contributed by atoms with van der Waals surface area (Å²) in [6.07, 6.45) is 1.57. The summed E-state index contributed by atoms with van der Waals surface area (Å²) in [6.45, 7) is 7.04. The van der Waals surface area contributed by atoms with Crippen LogP contribution in [0.15, 0.2) is 24.3 Å². The number of β-amino-alcohol motifs (C(OH)–C–C–N with tert-alkyl or cyclic N) is 1. The first-order valence-electron chi connectivity index (χ1n) is 6.74. The fourth-order valence-electron chi connectivity index (χ4n) is 1.89. The van der Waals surface area contributed by atoms with Gasteiger partial charge in [0.05, 0.1) is 0 Å². The number of benzene rings is 1. The minimum atomic E-state index is -0.582. The van der Waals surface area contributed by atoms with E-state index in [1.807, 2.05) is 0 Å². The molecule has 2 N–H and O–H groups in total. The molecule has 0 saturated heterocycles. The van der Waals surface area contributed by atoms with Crippen LogP contribution in [0, 0.1) is 5.82 Å². The Morgan fingerprint density at radius 3 is 2.53 bits per heavy atom. The Kier molecular flexibility index (Phi) is 6.25. The first-order valence-corrected chi connectivity index (χ1v) is 6.74. The Labute approximate surface area is 114 Å². The van der Waals surface area contributed by atoms with Gasteiger partial charge in [0.25, 0.3) is 0 Å². The van der Waals surface area contributed by atoms with Crippen LogP contribution in [-0.2, 0) is 0 Å². The summed E-state index contributed by atoms with van der Waals surface area (Å²) >= 11 is 0. The maximum atomic E-state index is 12.7. The van der Waals surface area contributed by atoms with E-state index < -0.39 is 6.10 Å². The van der Waals surface area contributed by atoms with Crippen LogP contribution >= 0.6 is 0 Å². The van der Waals surface area contributed by atoms with Crippen molar-refractivity contribution in [1.82, 2.24) is 5.32 Å². The third-order valence-electron chi connectivity index (χ3n) is 2.95. The Morgan fingerprint density at radius 2 is 1.95 bits per heavy atom. The molecule has 0 aliphatic carbocycles. The molecule has 0 radical (unpaired) electrons. The average molecular weight is 269 g/mol. The second-order valence-corrected chi connectivity index (χ2v) is 5.43. The van der Waals surface area contributed by atoms with Crippen LogP contribution in [0.3, 0.4) is 0 Å². The highest BCUT2D eigenvalue weighted by Gasteiger charge is 2.17. The van der Waals surface area contributed by atoms with Gasteiger partial charge < -0.3 is 15.2 Å². The van der Waals surface area contributed by atoms with Crippen molar-refractivity contribution in [2.75, 3.05) is 13.2 Å². The first kappa shape index (κ1) is 15.9. The van der Waals surface area contributed by atoms with Gasteiger partial charge in [-0.15, -0.1) is 0 Å². The van der Waals surface area contributed by atoms with Crippen LogP contribution in [0.4, 0.5) is 4.39 Å². The topological polar surface area (TPSA) is 41.5 Å². The van der Waals surface area contributed by atoms with E-state index in [4.69, 9.17) is 4.74 Å². The molecule has 108 valence electrons. The quantitative estimate of drug-likeness (QED) is 0.762. The highest BCUT2D eigenvalue weighted by atomic mass is 19.1. The van der Waals surface area contributed by atoms with Crippen LogP contribution in [0.25, 0.3) is 0 Å². The zero-order valence-electron chi connectivity index (χ0n) is 11.9. The summed E-state index contributed by atoms with van der Waals surface area (Å²) in [6, 6.07) is 5.78. The van der Waals surface area contributed by atoms with Crippen molar-refractivity contribution in [1.29, 1.82) is 0 Å². The highest BCUT2D eigenvalue weighted by molar-refractivity contribution is 5.22. The number of halogens is 1. The number of nitrogens with one attached hydrogen (secondary N) is 1. The Hall–Kier alpha value is -1.13. The molecule has 0 aromatic heterocycles. The van der Waals surface area contributed by atoms with Crippen molar-refractivity contribution in [3.05, 3.63) is 30.1 Å². The van der Waals surface area contributed by atoms with E-state index in [1.165, 1.54) is 12.1 Å². The molecule has 0 aliphatic heterocycles. The number of aliphatic hydroxyl groups excluding tert-OH is 1. The van der Waals surface area contributed by atoms with Crippen LogP contribution in [0.2, 0.25) is 0 Å². The molecule has 3 nitrogen and oxygen atoms in total. The Balaban J connectivity index is 2.28. The van der Waals surface area contributed by atoms with Gasteiger partial charge in [-0.3, -0.25) is 0 Å². The lowest BCUT2D eigenvalue weighted by atomic mass is 9.99. The minimum absolute atomic E-state index is 0.0194. The molecule has 0 spiro atoms. The van der Waals surface area contributed by atoms with Crippen molar-refractivity contribution in [2.24, 2.45) is 0 Å². The molecule has 1 rings (SSSR count). The molecule has 1 aromatic rings. The van der Waals surface area contributed by atoms with Crippen molar-refractivity contribution in [3.63, 3.8) is 0 Å². The number of hydrogen-bond donors (Lipinski definition) is 2. The van der Waals surface area contributed by atoms with Gasteiger partial charge in [-0.05, 0) is 44.5 Å². The Morgan fingerprint density at radius 1 is 1.32 bits per heavy atom. The molecule has 19 heavy (non-hydrogen) atoms. The van der Waals surface area contributed by atoms with Crippen LogP contribution in [0.5, 0.6) is 5.75 Å². The first-order chi connectivity index (χ1) is 8.93. The van der Waals surface area contributed by atoms with Crippen molar-refractivity contribution in [2.45, 2.75) is 45.3 Å². The molecule has 1 unspecified atom stereocenters. The van der Waals surface area contributed by atoms with E-state index in [0.29, 0.717) is 12.3 Å². The summed E-state index contributed by atoms with van der Waals surface area (Å²) in [5.74, 6) is 0.268. The smallest absolute Gasteiger partial charge is 0.123 e. The summed E-state index contributed by atoms with van der Waals surface area (Å²) in [4.78, 5) is 0. The molecule has 0 saturated carbocycles. The molecule has 1 aromatic carbocycles. The largest absolute Gasteiger partial charge is 0.491 e. The minimum Gasteiger partial charge on any atom is -0.491 e. The molecule has 0 aliphatic rings. The normalized spacial score (nSPS) is 13.3. The molecular weight excluding hydrogens is 245 g/mol. The number of rotatable bonds is 8. The van der Waals surface area contributed by atoms with E-state index >= 15 is 0 Å². The zero-order chi connectivity index (χ0) is 14.3. The summed E-state index contributed by atoms with van der Waals surface area (Å²) in [5, 5.41) is 13.2. The highest BCUT2D eigenvalue weighted by Crippen LogP contribution is 2.12. The van der Waals surface area contributed by atoms with Gasteiger partial charge in [0.2, 0.25) is 0 Å². The van der Waals surface area contributed by atoms with Gasteiger partial charge in [-0.2, -0.15) is 0 Å². The fourth-order valence-corrected chi connectivity index (χ4v) is 1.89. The standard InChI is InChI=1S/C15H24FNO2/c1-4-9-15(2,3)17-10-13(18)11-19-14-7-5-12(16)6-8-14/h5-8,13,17-18H,4,9-11H2,1-3H3. The SMILES string of the molecule is CCCC(C)(C)NCC(O)COc1ccc(F)cc1. The number of aliphatic hydroxyl groups is 1. The Bertz CT molecular complexity index is 365. The van der Waals surface area contributed by atoms with Gasteiger partial charge in [0.1, 0.15) is 24.3 Å².